The van der Waals surface area contributed by atoms with E-state index in [1.807, 2.05) is 0 Å². The van der Waals surface area contributed by atoms with Crippen molar-refractivity contribution in [2.75, 3.05) is 45.8 Å². The summed E-state index contributed by atoms with van der Waals surface area (Å²) < 4.78 is 0. The topological polar surface area (TPSA) is 18.5 Å². The second kappa shape index (κ2) is 4.40. The van der Waals surface area contributed by atoms with Crippen LogP contribution in [0.15, 0.2) is 0 Å². The number of rotatable bonds is 3. The third kappa shape index (κ3) is 3.16. The summed E-state index contributed by atoms with van der Waals surface area (Å²) in [5.74, 6) is 0. The Hall–Kier alpha value is -0.120. The Balaban J connectivity index is 1.71. The lowest BCUT2D eigenvalue weighted by atomic mass is 9.97. The smallest absolute Gasteiger partial charge is 0.0349 e. The van der Waals surface area contributed by atoms with E-state index in [2.05, 4.69) is 35.9 Å². The fourth-order valence-electron chi connectivity index (χ4n) is 2.53. The Kier molecular flexibility index (Phi) is 3.33. The molecule has 1 unspecified atom stereocenters. The van der Waals surface area contributed by atoms with Crippen LogP contribution in [0.2, 0.25) is 0 Å². The summed E-state index contributed by atoms with van der Waals surface area (Å²) in [5, 5.41) is 3.61. The zero-order valence-electron chi connectivity index (χ0n) is 10.4. The summed E-state index contributed by atoms with van der Waals surface area (Å²) in [6.45, 7) is 15.6. The van der Waals surface area contributed by atoms with Crippen molar-refractivity contribution in [1.82, 2.24) is 15.1 Å². The molecule has 3 aliphatic rings. The number of hydrogen-bond donors (Lipinski definition) is 1. The van der Waals surface area contributed by atoms with E-state index in [1.165, 1.54) is 32.7 Å². The van der Waals surface area contributed by atoms with Gasteiger partial charge in [0.15, 0.2) is 0 Å². The molecule has 88 valence electrons. The number of piperazine rings is 3. The monoisotopic (exact) mass is 211 g/mol. The van der Waals surface area contributed by atoms with Gasteiger partial charge in [-0.05, 0) is 5.41 Å². The molecule has 15 heavy (non-hydrogen) atoms. The Morgan fingerprint density at radius 1 is 1.13 bits per heavy atom. The molecule has 0 saturated carbocycles. The first-order chi connectivity index (χ1) is 7.04. The van der Waals surface area contributed by atoms with Crippen LogP contribution in [0, 0.1) is 5.41 Å². The van der Waals surface area contributed by atoms with Gasteiger partial charge >= 0.3 is 0 Å². The van der Waals surface area contributed by atoms with Crippen LogP contribution in [0.5, 0.6) is 0 Å². The van der Waals surface area contributed by atoms with E-state index in [4.69, 9.17) is 0 Å². The van der Waals surface area contributed by atoms with Crippen LogP contribution < -0.4 is 5.32 Å². The van der Waals surface area contributed by atoms with E-state index < -0.39 is 0 Å². The van der Waals surface area contributed by atoms with Gasteiger partial charge in [0.1, 0.15) is 0 Å². The molecule has 1 N–H and O–H groups in total. The number of nitrogens with zero attached hydrogens (tertiary/aromatic N) is 2. The molecule has 0 spiro atoms. The van der Waals surface area contributed by atoms with Gasteiger partial charge in [-0.1, -0.05) is 20.8 Å². The molecule has 3 rings (SSSR count). The standard InChI is InChI=1S/C12H25N3/c1-12(2,3)10-13-8-11-9-14-4-6-15(11)7-5-14/h11,13H,4-10H2,1-3H3. The lowest BCUT2D eigenvalue weighted by molar-refractivity contribution is 0.0131. The van der Waals surface area contributed by atoms with Crippen LogP contribution in [0.4, 0.5) is 0 Å². The highest BCUT2D eigenvalue weighted by Gasteiger charge is 2.31. The summed E-state index contributed by atoms with van der Waals surface area (Å²) in [6.07, 6.45) is 0. The average Bonchev–Trinajstić information content (AvgIpc) is 2.17. The second-order valence-electron chi connectivity index (χ2n) is 6.18. The maximum Gasteiger partial charge on any atom is 0.0349 e. The van der Waals surface area contributed by atoms with Crippen molar-refractivity contribution in [3.63, 3.8) is 0 Å². The highest BCUT2D eigenvalue weighted by molar-refractivity contribution is 4.89. The number of nitrogens with one attached hydrogen (secondary N) is 1. The SMILES string of the molecule is CC(C)(C)CNCC1CN2CCN1CC2. The molecule has 3 heteroatoms. The van der Waals surface area contributed by atoms with Gasteiger partial charge in [-0.25, -0.2) is 0 Å². The molecule has 3 aliphatic heterocycles. The minimum absolute atomic E-state index is 0.406. The third-order valence-electron chi connectivity index (χ3n) is 3.43. The first-order valence-corrected chi connectivity index (χ1v) is 6.22. The summed E-state index contributed by atoms with van der Waals surface area (Å²) in [7, 11) is 0. The maximum atomic E-state index is 3.61. The van der Waals surface area contributed by atoms with Gasteiger partial charge in [0.05, 0.1) is 0 Å². The zero-order chi connectivity index (χ0) is 10.9. The molecule has 3 nitrogen and oxygen atoms in total. The van der Waals surface area contributed by atoms with Crippen LogP contribution in [0.25, 0.3) is 0 Å². The molecule has 0 radical (unpaired) electrons. The van der Waals surface area contributed by atoms with Crippen LogP contribution in [-0.4, -0.2) is 61.7 Å². The zero-order valence-corrected chi connectivity index (χ0v) is 10.4. The highest BCUT2D eigenvalue weighted by atomic mass is 15.3. The van der Waals surface area contributed by atoms with Crippen molar-refractivity contribution in [3.8, 4) is 0 Å². The van der Waals surface area contributed by atoms with E-state index in [0.29, 0.717) is 5.41 Å². The number of hydrogen-bond acceptors (Lipinski definition) is 3. The Morgan fingerprint density at radius 3 is 2.27 bits per heavy atom. The molecule has 3 heterocycles. The van der Waals surface area contributed by atoms with Crippen molar-refractivity contribution in [3.05, 3.63) is 0 Å². The Labute approximate surface area is 93.8 Å². The van der Waals surface area contributed by atoms with Crippen molar-refractivity contribution < 1.29 is 0 Å². The Bertz CT molecular complexity index is 201. The lowest BCUT2D eigenvalue weighted by Crippen LogP contribution is -2.63. The maximum absolute atomic E-state index is 3.61. The average molecular weight is 211 g/mol. The first kappa shape index (κ1) is 11.4. The predicted molar refractivity (Wildman–Crippen MR) is 64.1 cm³/mol. The van der Waals surface area contributed by atoms with Crippen molar-refractivity contribution >= 4 is 0 Å². The Morgan fingerprint density at radius 2 is 1.80 bits per heavy atom. The third-order valence-corrected chi connectivity index (χ3v) is 3.43. The lowest BCUT2D eigenvalue weighted by Gasteiger charge is -2.47. The molecule has 2 bridgehead atoms. The van der Waals surface area contributed by atoms with Crippen LogP contribution >= 0.6 is 0 Å². The van der Waals surface area contributed by atoms with Crippen molar-refractivity contribution in [2.24, 2.45) is 5.41 Å². The molecule has 3 saturated heterocycles. The predicted octanol–water partition coefficient (Wildman–Crippen LogP) is 0.622. The van der Waals surface area contributed by atoms with E-state index >= 15 is 0 Å². The van der Waals surface area contributed by atoms with E-state index in [0.717, 1.165) is 19.1 Å². The van der Waals surface area contributed by atoms with Crippen molar-refractivity contribution in [2.45, 2.75) is 26.8 Å². The highest BCUT2D eigenvalue weighted by Crippen LogP contribution is 2.15. The van der Waals surface area contributed by atoms with E-state index in [-0.39, 0.29) is 0 Å². The van der Waals surface area contributed by atoms with Gasteiger partial charge in [-0.15, -0.1) is 0 Å². The first-order valence-electron chi connectivity index (χ1n) is 6.22. The molecule has 3 fully saturated rings. The van der Waals surface area contributed by atoms with E-state index in [1.54, 1.807) is 0 Å². The largest absolute Gasteiger partial charge is 0.315 e. The van der Waals surface area contributed by atoms with Gasteiger partial charge in [-0.3, -0.25) is 9.80 Å². The van der Waals surface area contributed by atoms with Gasteiger partial charge in [0.2, 0.25) is 0 Å². The van der Waals surface area contributed by atoms with Gasteiger partial charge in [0.25, 0.3) is 0 Å². The minimum atomic E-state index is 0.406. The molecule has 0 amide bonds. The summed E-state index contributed by atoms with van der Waals surface area (Å²) >= 11 is 0. The fourth-order valence-corrected chi connectivity index (χ4v) is 2.53. The second-order valence-corrected chi connectivity index (χ2v) is 6.18. The summed E-state index contributed by atoms with van der Waals surface area (Å²) in [6, 6.07) is 0.759. The van der Waals surface area contributed by atoms with Gasteiger partial charge < -0.3 is 5.32 Å². The molecule has 0 aromatic rings. The van der Waals surface area contributed by atoms with Gasteiger partial charge in [-0.2, -0.15) is 0 Å². The number of fused-ring (bicyclic) bond motifs is 3. The molecular formula is C12H25N3. The normalized spacial score (nSPS) is 35.8. The fraction of sp³-hybridized carbons (Fsp3) is 1.00. The molecule has 1 atom stereocenters. The molecule has 0 aromatic carbocycles. The van der Waals surface area contributed by atoms with Crippen LogP contribution in [0.3, 0.4) is 0 Å². The summed E-state index contributed by atoms with van der Waals surface area (Å²) in [4.78, 5) is 5.25. The summed E-state index contributed by atoms with van der Waals surface area (Å²) in [5.41, 5.74) is 0.406. The molecule has 0 aliphatic carbocycles. The molecular weight excluding hydrogens is 186 g/mol. The van der Waals surface area contributed by atoms with Crippen molar-refractivity contribution in [1.29, 1.82) is 0 Å². The van der Waals surface area contributed by atoms with Crippen LogP contribution in [0.1, 0.15) is 20.8 Å². The quantitative estimate of drug-likeness (QED) is 0.738. The van der Waals surface area contributed by atoms with Crippen LogP contribution in [-0.2, 0) is 0 Å². The molecule has 0 aromatic heterocycles. The van der Waals surface area contributed by atoms with E-state index in [9.17, 15) is 0 Å². The minimum Gasteiger partial charge on any atom is -0.315 e. The van der Waals surface area contributed by atoms with Gasteiger partial charge in [0, 0.05) is 51.9 Å².